The van der Waals surface area contributed by atoms with E-state index in [4.69, 9.17) is 0 Å². The van der Waals surface area contributed by atoms with E-state index in [0.29, 0.717) is 41.8 Å². The fourth-order valence-corrected chi connectivity index (χ4v) is 3.50. The van der Waals surface area contributed by atoms with Crippen LogP contribution in [0.2, 0.25) is 0 Å². The van der Waals surface area contributed by atoms with Crippen molar-refractivity contribution in [2.45, 2.75) is 13.3 Å². The lowest BCUT2D eigenvalue weighted by molar-refractivity contribution is 0.0535. The first-order valence-electron chi connectivity index (χ1n) is 8.61. The Bertz CT molecular complexity index is 795. The second-order valence-electron chi connectivity index (χ2n) is 6.29. The summed E-state index contributed by atoms with van der Waals surface area (Å²) in [5.74, 6) is -0.690. The lowest BCUT2D eigenvalue weighted by Crippen LogP contribution is -2.50. The van der Waals surface area contributed by atoms with Crippen LogP contribution in [0.3, 0.4) is 0 Å². The molecule has 1 saturated heterocycles. The molecule has 0 N–H and O–H groups in total. The molecule has 6 heteroatoms. The van der Waals surface area contributed by atoms with E-state index in [1.165, 1.54) is 17.7 Å². The molecule has 0 bridgehead atoms. The predicted octanol–water partition coefficient (Wildman–Crippen LogP) is 3.75. The van der Waals surface area contributed by atoms with Crippen LogP contribution in [0.4, 0.5) is 4.39 Å². The molecule has 0 spiro atoms. The van der Waals surface area contributed by atoms with E-state index in [9.17, 15) is 14.0 Å². The van der Waals surface area contributed by atoms with Crippen LogP contribution < -0.4 is 0 Å². The SMILES string of the molecule is CCc1ccc(C(=O)N2CCN(C(=O)c3cc(F)cc(Br)c3)CC2)cc1. The van der Waals surface area contributed by atoms with Crippen LogP contribution in [0.25, 0.3) is 0 Å². The molecular weight excluding hydrogens is 399 g/mol. The number of hydrogen-bond acceptors (Lipinski definition) is 2. The molecule has 2 aromatic rings. The summed E-state index contributed by atoms with van der Waals surface area (Å²) in [6.07, 6.45) is 0.936. The molecule has 0 atom stereocenters. The molecule has 0 aromatic heterocycles. The second kappa shape index (κ2) is 7.99. The Morgan fingerprint density at radius 2 is 1.46 bits per heavy atom. The average molecular weight is 419 g/mol. The Kier molecular flexibility index (Phi) is 5.71. The van der Waals surface area contributed by atoms with E-state index in [1.54, 1.807) is 15.9 Å². The zero-order valence-electron chi connectivity index (χ0n) is 14.5. The normalized spacial score (nSPS) is 14.4. The lowest BCUT2D eigenvalue weighted by atomic mass is 10.1. The summed E-state index contributed by atoms with van der Waals surface area (Å²) in [4.78, 5) is 28.6. The minimum atomic E-state index is -0.452. The highest BCUT2D eigenvalue weighted by molar-refractivity contribution is 9.10. The van der Waals surface area contributed by atoms with Gasteiger partial charge in [-0.2, -0.15) is 0 Å². The van der Waals surface area contributed by atoms with Gasteiger partial charge in [-0.15, -0.1) is 0 Å². The van der Waals surface area contributed by atoms with Gasteiger partial charge in [-0.25, -0.2) is 4.39 Å². The van der Waals surface area contributed by atoms with Crippen LogP contribution in [0, 0.1) is 5.82 Å². The van der Waals surface area contributed by atoms with Gasteiger partial charge >= 0.3 is 0 Å². The first-order valence-corrected chi connectivity index (χ1v) is 9.41. The Hall–Kier alpha value is -2.21. The largest absolute Gasteiger partial charge is 0.335 e. The quantitative estimate of drug-likeness (QED) is 0.761. The highest BCUT2D eigenvalue weighted by Crippen LogP contribution is 2.18. The second-order valence-corrected chi connectivity index (χ2v) is 7.21. The molecule has 2 aromatic carbocycles. The third-order valence-corrected chi connectivity index (χ3v) is 5.03. The molecule has 136 valence electrons. The molecule has 4 nitrogen and oxygen atoms in total. The number of carbonyl (C=O) groups is 2. The van der Waals surface area contributed by atoms with Crippen LogP contribution in [-0.2, 0) is 6.42 Å². The fraction of sp³-hybridized carbons (Fsp3) is 0.300. The van der Waals surface area contributed by atoms with Crippen LogP contribution in [0.15, 0.2) is 46.9 Å². The van der Waals surface area contributed by atoms with Crippen molar-refractivity contribution in [2.75, 3.05) is 26.2 Å². The van der Waals surface area contributed by atoms with Crippen molar-refractivity contribution in [3.05, 3.63) is 69.4 Å². The molecule has 2 amide bonds. The van der Waals surface area contributed by atoms with Crippen molar-refractivity contribution in [1.82, 2.24) is 9.80 Å². The number of nitrogens with zero attached hydrogens (tertiary/aromatic N) is 2. The maximum Gasteiger partial charge on any atom is 0.254 e. The van der Waals surface area contributed by atoms with Crippen molar-refractivity contribution in [1.29, 1.82) is 0 Å². The van der Waals surface area contributed by atoms with E-state index in [2.05, 4.69) is 22.9 Å². The number of aryl methyl sites for hydroxylation is 1. The van der Waals surface area contributed by atoms with Crippen LogP contribution in [0.5, 0.6) is 0 Å². The molecule has 0 unspecified atom stereocenters. The van der Waals surface area contributed by atoms with Gasteiger partial charge in [0.15, 0.2) is 0 Å². The summed E-state index contributed by atoms with van der Waals surface area (Å²) < 4.78 is 14.0. The van der Waals surface area contributed by atoms with Crippen molar-refractivity contribution < 1.29 is 14.0 Å². The van der Waals surface area contributed by atoms with Crippen LogP contribution >= 0.6 is 15.9 Å². The molecule has 1 aliphatic heterocycles. The zero-order chi connectivity index (χ0) is 18.7. The Morgan fingerprint density at radius 3 is 1.96 bits per heavy atom. The zero-order valence-corrected chi connectivity index (χ0v) is 16.1. The van der Waals surface area contributed by atoms with E-state index < -0.39 is 5.82 Å². The Balaban J connectivity index is 1.62. The highest BCUT2D eigenvalue weighted by atomic mass is 79.9. The van der Waals surface area contributed by atoms with E-state index in [0.717, 1.165) is 6.42 Å². The summed E-state index contributed by atoms with van der Waals surface area (Å²) in [5.41, 5.74) is 2.17. The first kappa shape index (κ1) is 18.6. The Labute approximate surface area is 160 Å². The van der Waals surface area contributed by atoms with Gasteiger partial charge < -0.3 is 9.80 Å². The number of halogens is 2. The van der Waals surface area contributed by atoms with E-state index in [-0.39, 0.29) is 11.8 Å². The number of hydrogen-bond donors (Lipinski definition) is 0. The minimum Gasteiger partial charge on any atom is -0.335 e. The number of carbonyl (C=O) groups excluding carboxylic acids is 2. The van der Waals surface area contributed by atoms with Crippen molar-refractivity contribution in [3.8, 4) is 0 Å². The van der Waals surface area contributed by atoms with E-state index in [1.807, 2.05) is 24.3 Å². The maximum absolute atomic E-state index is 13.5. The van der Waals surface area contributed by atoms with Gasteiger partial charge in [-0.3, -0.25) is 9.59 Å². The molecule has 0 radical (unpaired) electrons. The van der Waals surface area contributed by atoms with Gasteiger partial charge in [0.05, 0.1) is 0 Å². The van der Waals surface area contributed by atoms with Gasteiger partial charge in [0.1, 0.15) is 5.82 Å². The smallest absolute Gasteiger partial charge is 0.254 e. The molecule has 1 fully saturated rings. The van der Waals surface area contributed by atoms with Crippen molar-refractivity contribution >= 4 is 27.7 Å². The average Bonchev–Trinajstić information content (AvgIpc) is 2.66. The summed E-state index contributed by atoms with van der Waals surface area (Å²) in [6, 6.07) is 11.8. The minimum absolute atomic E-state index is 0.0201. The third-order valence-electron chi connectivity index (χ3n) is 4.57. The number of piperazine rings is 1. The monoisotopic (exact) mass is 418 g/mol. The third kappa shape index (κ3) is 4.12. The molecule has 1 aliphatic rings. The first-order chi connectivity index (χ1) is 12.5. The van der Waals surface area contributed by atoms with Gasteiger partial charge in [0.2, 0.25) is 0 Å². The van der Waals surface area contributed by atoms with Crippen molar-refractivity contribution in [3.63, 3.8) is 0 Å². The van der Waals surface area contributed by atoms with Crippen LogP contribution in [-0.4, -0.2) is 47.8 Å². The summed E-state index contributed by atoms with van der Waals surface area (Å²) in [7, 11) is 0. The molecule has 0 aliphatic carbocycles. The fourth-order valence-electron chi connectivity index (χ4n) is 3.04. The van der Waals surface area contributed by atoms with Gasteiger partial charge in [-0.05, 0) is 42.3 Å². The topological polar surface area (TPSA) is 40.6 Å². The molecule has 3 rings (SSSR count). The Morgan fingerprint density at radius 1 is 0.923 bits per heavy atom. The van der Waals surface area contributed by atoms with Gasteiger partial charge in [0, 0.05) is 41.8 Å². The van der Waals surface area contributed by atoms with Crippen LogP contribution in [0.1, 0.15) is 33.2 Å². The highest BCUT2D eigenvalue weighted by Gasteiger charge is 2.25. The molecule has 1 heterocycles. The number of rotatable bonds is 3. The number of amides is 2. The predicted molar refractivity (Wildman–Crippen MR) is 102 cm³/mol. The summed E-state index contributed by atoms with van der Waals surface area (Å²) in [6.45, 7) is 3.88. The maximum atomic E-state index is 13.5. The molecule has 26 heavy (non-hydrogen) atoms. The lowest BCUT2D eigenvalue weighted by Gasteiger charge is -2.35. The van der Waals surface area contributed by atoms with Crippen molar-refractivity contribution in [2.24, 2.45) is 0 Å². The summed E-state index contributed by atoms with van der Waals surface area (Å²) >= 11 is 3.21. The number of benzene rings is 2. The summed E-state index contributed by atoms with van der Waals surface area (Å²) in [5, 5.41) is 0. The standard InChI is InChI=1S/C20H20BrFN2O2/c1-2-14-3-5-15(6-4-14)19(25)23-7-9-24(10-8-23)20(26)16-11-17(21)13-18(22)12-16/h3-6,11-13H,2,7-10H2,1H3. The molecule has 0 saturated carbocycles. The van der Waals surface area contributed by atoms with E-state index >= 15 is 0 Å². The van der Waals surface area contributed by atoms with Gasteiger partial charge in [0.25, 0.3) is 11.8 Å². The van der Waals surface area contributed by atoms with Gasteiger partial charge in [-0.1, -0.05) is 35.0 Å². The molecular formula is C20H20BrFN2O2.